The molecule has 0 bridgehead atoms. The zero-order chi connectivity index (χ0) is 11.5. The van der Waals surface area contributed by atoms with Crippen LogP contribution in [0.2, 0.25) is 0 Å². The molecule has 0 aliphatic heterocycles. The average Bonchev–Trinajstić information content (AvgIpc) is 2.68. The van der Waals surface area contributed by atoms with Crippen LogP contribution in [0.15, 0.2) is 27.5 Å². The summed E-state index contributed by atoms with van der Waals surface area (Å²) in [6.07, 6.45) is 0. The summed E-state index contributed by atoms with van der Waals surface area (Å²) in [4.78, 5) is 4.01. The minimum Gasteiger partial charge on any atom is -0.375 e. The Hall–Kier alpha value is -1.01. The van der Waals surface area contributed by atoms with Crippen molar-refractivity contribution in [2.75, 3.05) is 5.32 Å². The van der Waals surface area contributed by atoms with Gasteiger partial charge < -0.3 is 5.32 Å². The van der Waals surface area contributed by atoms with Crippen LogP contribution >= 0.6 is 27.3 Å². The van der Waals surface area contributed by atoms with Gasteiger partial charge in [0.25, 0.3) is 0 Å². The van der Waals surface area contributed by atoms with Crippen molar-refractivity contribution in [3.05, 3.63) is 44.8 Å². The Balaban J connectivity index is 2.15. The third kappa shape index (κ3) is 2.56. The minimum atomic E-state index is -0.623. The van der Waals surface area contributed by atoms with E-state index in [9.17, 15) is 8.78 Å². The molecule has 0 aliphatic carbocycles. The van der Waals surface area contributed by atoms with Gasteiger partial charge in [0.05, 0.1) is 17.7 Å². The van der Waals surface area contributed by atoms with Crippen molar-refractivity contribution in [3.8, 4) is 0 Å². The first-order chi connectivity index (χ1) is 7.66. The van der Waals surface area contributed by atoms with E-state index in [1.165, 1.54) is 23.5 Å². The third-order valence-corrected chi connectivity index (χ3v) is 3.03. The summed E-state index contributed by atoms with van der Waals surface area (Å²) in [6, 6.07) is 2.43. The van der Waals surface area contributed by atoms with Gasteiger partial charge in [-0.05, 0) is 12.1 Å². The largest absolute Gasteiger partial charge is 0.375 e. The van der Waals surface area contributed by atoms with Gasteiger partial charge in [-0.15, -0.1) is 11.3 Å². The molecule has 0 saturated heterocycles. The Bertz CT molecular complexity index is 465. The van der Waals surface area contributed by atoms with Gasteiger partial charge in [-0.25, -0.2) is 13.8 Å². The zero-order valence-corrected chi connectivity index (χ0v) is 10.4. The van der Waals surface area contributed by atoms with Gasteiger partial charge in [-0.2, -0.15) is 0 Å². The van der Waals surface area contributed by atoms with E-state index in [4.69, 9.17) is 0 Å². The van der Waals surface area contributed by atoms with Crippen molar-refractivity contribution < 1.29 is 8.78 Å². The van der Waals surface area contributed by atoms with Crippen LogP contribution in [-0.4, -0.2) is 4.98 Å². The van der Waals surface area contributed by atoms with Crippen molar-refractivity contribution in [2.24, 2.45) is 0 Å². The van der Waals surface area contributed by atoms with E-state index in [1.54, 1.807) is 5.51 Å². The molecule has 1 heterocycles. The molecular weight excluding hydrogens is 298 g/mol. The highest BCUT2D eigenvalue weighted by Gasteiger charge is 2.10. The predicted molar refractivity (Wildman–Crippen MR) is 63.5 cm³/mol. The highest BCUT2D eigenvalue weighted by Crippen LogP contribution is 2.24. The van der Waals surface area contributed by atoms with Gasteiger partial charge in [0.15, 0.2) is 0 Å². The summed E-state index contributed by atoms with van der Waals surface area (Å²) >= 11 is 4.46. The van der Waals surface area contributed by atoms with E-state index in [0.29, 0.717) is 11.0 Å². The lowest BCUT2D eigenvalue weighted by atomic mass is 10.3. The second-order valence-electron chi connectivity index (χ2n) is 3.08. The average molecular weight is 305 g/mol. The van der Waals surface area contributed by atoms with Gasteiger partial charge >= 0.3 is 0 Å². The Kier molecular flexibility index (Phi) is 3.50. The lowest BCUT2D eigenvalue weighted by molar-refractivity contribution is 0.586. The van der Waals surface area contributed by atoms with E-state index in [0.717, 1.165) is 5.69 Å². The molecule has 0 atom stereocenters. The Morgan fingerprint density at radius 3 is 2.56 bits per heavy atom. The van der Waals surface area contributed by atoms with Gasteiger partial charge in [0, 0.05) is 9.85 Å². The van der Waals surface area contributed by atoms with E-state index >= 15 is 0 Å². The molecule has 2 rings (SSSR count). The standard InChI is InChI=1S/C10H7BrF2N2S/c11-6-1-8(12)10(9(13)2-6)14-3-7-4-16-5-15-7/h1-2,4-5,14H,3H2. The lowest BCUT2D eigenvalue weighted by Crippen LogP contribution is -2.04. The highest BCUT2D eigenvalue weighted by atomic mass is 79.9. The molecule has 2 aromatic rings. The molecule has 1 aromatic heterocycles. The lowest BCUT2D eigenvalue weighted by Gasteiger charge is -2.07. The highest BCUT2D eigenvalue weighted by molar-refractivity contribution is 9.10. The molecule has 0 radical (unpaired) electrons. The van der Waals surface area contributed by atoms with Crippen LogP contribution in [-0.2, 0) is 6.54 Å². The summed E-state index contributed by atoms with van der Waals surface area (Å²) in [5, 5.41) is 4.51. The first-order valence-corrected chi connectivity index (χ1v) is 6.16. The number of halogens is 3. The zero-order valence-electron chi connectivity index (χ0n) is 8.01. The van der Waals surface area contributed by atoms with Crippen molar-refractivity contribution in [2.45, 2.75) is 6.54 Å². The van der Waals surface area contributed by atoms with Crippen LogP contribution in [0.1, 0.15) is 5.69 Å². The molecular formula is C10H7BrF2N2S. The van der Waals surface area contributed by atoms with Crippen LogP contribution in [0, 0.1) is 11.6 Å². The number of anilines is 1. The normalized spacial score (nSPS) is 10.4. The fourth-order valence-electron chi connectivity index (χ4n) is 1.21. The number of nitrogens with one attached hydrogen (secondary N) is 1. The quantitative estimate of drug-likeness (QED) is 0.933. The van der Waals surface area contributed by atoms with Crippen molar-refractivity contribution in [1.29, 1.82) is 0 Å². The molecule has 2 nitrogen and oxygen atoms in total. The second-order valence-corrected chi connectivity index (χ2v) is 4.71. The summed E-state index contributed by atoms with van der Waals surface area (Å²) in [7, 11) is 0. The first kappa shape index (κ1) is 11.5. The van der Waals surface area contributed by atoms with Crippen LogP contribution in [0.4, 0.5) is 14.5 Å². The Labute approximate surface area is 103 Å². The van der Waals surface area contributed by atoms with E-state index < -0.39 is 11.6 Å². The van der Waals surface area contributed by atoms with Crippen LogP contribution in [0.3, 0.4) is 0 Å². The molecule has 0 amide bonds. The topological polar surface area (TPSA) is 24.9 Å². The Morgan fingerprint density at radius 1 is 1.31 bits per heavy atom. The number of thiazole rings is 1. The third-order valence-electron chi connectivity index (χ3n) is 1.94. The number of hydrogen-bond acceptors (Lipinski definition) is 3. The van der Waals surface area contributed by atoms with E-state index in [2.05, 4.69) is 26.2 Å². The second kappa shape index (κ2) is 4.88. The molecule has 0 unspecified atom stereocenters. The monoisotopic (exact) mass is 304 g/mol. The summed E-state index contributed by atoms with van der Waals surface area (Å²) in [5.41, 5.74) is 2.30. The molecule has 0 spiro atoms. The van der Waals surface area contributed by atoms with Crippen LogP contribution < -0.4 is 5.32 Å². The SMILES string of the molecule is Fc1cc(Br)cc(F)c1NCc1cscn1. The van der Waals surface area contributed by atoms with Crippen LogP contribution in [0.5, 0.6) is 0 Å². The van der Waals surface area contributed by atoms with E-state index in [-0.39, 0.29) is 5.69 Å². The van der Waals surface area contributed by atoms with Crippen molar-refractivity contribution in [3.63, 3.8) is 0 Å². The number of rotatable bonds is 3. The van der Waals surface area contributed by atoms with E-state index in [1.807, 2.05) is 5.38 Å². The number of nitrogens with zero attached hydrogens (tertiary/aromatic N) is 1. The summed E-state index contributed by atoms with van der Waals surface area (Å²) in [5.74, 6) is -1.25. The fraction of sp³-hybridized carbons (Fsp3) is 0.100. The molecule has 0 fully saturated rings. The summed E-state index contributed by atoms with van der Waals surface area (Å²) in [6.45, 7) is 0.305. The number of hydrogen-bond donors (Lipinski definition) is 1. The molecule has 1 aromatic carbocycles. The van der Waals surface area contributed by atoms with Gasteiger partial charge in [-0.1, -0.05) is 15.9 Å². The van der Waals surface area contributed by atoms with Gasteiger partial charge in [0.1, 0.15) is 17.3 Å². The minimum absolute atomic E-state index is 0.129. The maximum absolute atomic E-state index is 13.4. The molecule has 16 heavy (non-hydrogen) atoms. The fourth-order valence-corrected chi connectivity index (χ4v) is 2.18. The summed E-state index contributed by atoms with van der Waals surface area (Å²) < 4.78 is 27.2. The predicted octanol–water partition coefficient (Wildman–Crippen LogP) is 3.80. The maximum atomic E-state index is 13.4. The number of benzene rings is 1. The first-order valence-electron chi connectivity index (χ1n) is 4.42. The Morgan fingerprint density at radius 2 is 2.00 bits per heavy atom. The molecule has 84 valence electrons. The smallest absolute Gasteiger partial charge is 0.150 e. The molecule has 6 heteroatoms. The van der Waals surface area contributed by atoms with Gasteiger partial charge in [-0.3, -0.25) is 0 Å². The van der Waals surface area contributed by atoms with Gasteiger partial charge in [0.2, 0.25) is 0 Å². The number of aromatic nitrogens is 1. The molecule has 1 N–H and O–H groups in total. The van der Waals surface area contributed by atoms with Crippen LogP contribution in [0.25, 0.3) is 0 Å². The molecule has 0 saturated carbocycles. The van der Waals surface area contributed by atoms with Crippen molar-refractivity contribution in [1.82, 2.24) is 4.98 Å². The van der Waals surface area contributed by atoms with Crippen molar-refractivity contribution >= 4 is 33.0 Å². The molecule has 0 aliphatic rings. The maximum Gasteiger partial charge on any atom is 0.150 e.